The number of aromatic nitrogens is 1. The van der Waals surface area contributed by atoms with Gasteiger partial charge in [-0.1, -0.05) is 60.6 Å². The van der Waals surface area contributed by atoms with Crippen LogP contribution in [-0.4, -0.2) is 16.1 Å². The maximum absolute atomic E-state index is 12.5. The summed E-state index contributed by atoms with van der Waals surface area (Å²) in [6.07, 6.45) is 0.714. The van der Waals surface area contributed by atoms with E-state index in [0.717, 1.165) is 15.9 Å². The molecule has 1 N–H and O–H groups in total. The fraction of sp³-hybridized carbons (Fsp3) is 0.158. The van der Waals surface area contributed by atoms with E-state index in [9.17, 15) is 4.79 Å². The van der Waals surface area contributed by atoms with Crippen molar-refractivity contribution in [1.29, 1.82) is 0 Å². The second-order valence-corrected chi connectivity index (χ2v) is 7.02. The fourth-order valence-corrected chi connectivity index (χ4v) is 3.48. The quantitative estimate of drug-likeness (QED) is 0.622. The van der Waals surface area contributed by atoms with E-state index in [1.165, 1.54) is 11.8 Å². The lowest BCUT2D eigenvalue weighted by Crippen LogP contribution is -2.24. The molecule has 1 heterocycles. The number of anilines is 1. The number of nitrogens with zero attached hydrogens (tertiary/aromatic N) is 1. The number of hydrogen-bond acceptors (Lipinski definition) is 3. The van der Waals surface area contributed by atoms with Crippen molar-refractivity contribution in [3.63, 3.8) is 0 Å². The summed E-state index contributed by atoms with van der Waals surface area (Å²) >= 11 is 7.44. The number of pyridine rings is 1. The molecule has 3 aromatic rings. The predicted octanol–water partition coefficient (Wildman–Crippen LogP) is 5.40. The number of rotatable bonds is 5. The number of nitrogens with one attached hydrogen (secondary N) is 1. The summed E-state index contributed by atoms with van der Waals surface area (Å²) in [5.41, 5.74) is 1.64. The van der Waals surface area contributed by atoms with Crippen LogP contribution in [0.15, 0.2) is 65.7 Å². The van der Waals surface area contributed by atoms with Gasteiger partial charge in [-0.05, 0) is 36.8 Å². The predicted molar refractivity (Wildman–Crippen MR) is 102 cm³/mol. The Morgan fingerprint density at radius 2 is 2.00 bits per heavy atom. The summed E-state index contributed by atoms with van der Waals surface area (Å²) < 4.78 is 0. The van der Waals surface area contributed by atoms with Gasteiger partial charge in [-0.3, -0.25) is 4.79 Å². The van der Waals surface area contributed by atoms with Crippen molar-refractivity contribution >= 4 is 45.9 Å². The van der Waals surface area contributed by atoms with Crippen molar-refractivity contribution in [1.82, 2.24) is 4.98 Å². The summed E-state index contributed by atoms with van der Waals surface area (Å²) in [7, 11) is 0. The number of para-hydroxylation sites is 1. The van der Waals surface area contributed by atoms with Crippen molar-refractivity contribution in [3.05, 3.63) is 65.7 Å². The van der Waals surface area contributed by atoms with Crippen LogP contribution in [0.5, 0.6) is 0 Å². The second-order valence-electron chi connectivity index (χ2n) is 5.36. The molecule has 1 unspecified atom stereocenters. The third-order valence-corrected chi connectivity index (χ3v) is 5.13. The summed E-state index contributed by atoms with van der Waals surface area (Å²) in [6.45, 7) is 2.00. The number of fused-ring (bicyclic) bond motifs is 1. The molecule has 5 heteroatoms. The summed E-state index contributed by atoms with van der Waals surface area (Å²) in [6, 6.07) is 19.1. The number of carbonyl (C=O) groups excluding carboxylic acids is 1. The molecule has 1 aromatic heterocycles. The minimum Gasteiger partial charge on any atom is -0.325 e. The zero-order chi connectivity index (χ0) is 16.9. The lowest BCUT2D eigenvalue weighted by atomic mass is 10.2. The molecule has 1 amide bonds. The highest BCUT2D eigenvalue weighted by molar-refractivity contribution is 8.00. The maximum atomic E-state index is 12.5. The third-order valence-electron chi connectivity index (χ3n) is 3.59. The zero-order valence-corrected chi connectivity index (χ0v) is 14.8. The monoisotopic (exact) mass is 356 g/mol. The Labute approximate surface area is 150 Å². The summed E-state index contributed by atoms with van der Waals surface area (Å²) in [5, 5.41) is 5.25. The van der Waals surface area contributed by atoms with Gasteiger partial charge in [0.2, 0.25) is 5.91 Å². The molecule has 0 aliphatic rings. The van der Waals surface area contributed by atoms with Crippen LogP contribution < -0.4 is 5.32 Å². The summed E-state index contributed by atoms with van der Waals surface area (Å²) in [5.74, 6) is -0.0419. The maximum Gasteiger partial charge on any atom is 0.237 e. The van der Waals surface area contributed by atoms with Crippen molar-refractivity contribution < 1.29 is 4.79 Å². The number of halogens is 1. The van der Waals surface area contributed by atoms with Crippen LogP contribution in [0.25, 0.3) is 10.9 Å². The van der Waals surface area contributed by atoms with Gasteiger partial charge in [0.1, 0.15) is 0 Å². The largest absolute Gasteiger partial charge is 0.325 e. The molecule has 24 heavy (non-hydrogen) atoms. The van der Waals surface area contributed by atoms with Gasteiger partial charge in [0.15, 0.2) is 0 Å². The topological polar surface area (TPSA) is 42.0 Å². The van der Waals surface area contributed by atoms with Crippen molar-refractivity contribution in [3.8, 4) is 0 Å². The first kappa shape index (κ1) is 16.8. The zero-order valence-electron chi connectivity index (χ0n) is 13.2. The standard InChI is InChI=1S/C19H17ClN2OS/c1-2-17(19(23)21-15-8-5-7-14(20)12-15)24-18-11-10-13-6-3-4-9-16(13)22-18/h3-12,17H,2H2,1H3,(H,21,23). The molecule has 3 nitrogen and oxygen atoms in total. The van der Waals surface area contributed by atoms with Crippen LogP contribution in [0.4, 0.5) is 5.69 Å². The number of amides is 1. The molecule has 122 valence electrons. The van der Waals surface area contributed by atoms with E-state index in [0.29, 0.717) is 17.1 Å². The Morgan fingerprint density at radius 1 is 1.17 bits per heavy atom. The molecule has 3 rings (SSSR count). The molecule has 0 aliphatic carbocycles. The van der Waals surface area contributed by atoms with Crippen LogP contribution in [0.1, 0.15) is 13.3 Å². The molecule has 2 aromatic carbocycles. The van der Waals surface area contributed by atoms with E-state index in [1.54, 1.807) is 12.1 Å². The number of thioether (sulfide) groups is 1. The lowest BCUT2D eigenvalue weighted by molar-refractivity contribution is -0.115. The van der Waals surface area contributed by atoms with Crippen LogP contribution in [0.3, 0.4) is 0 Å². The normalized spacial score (nSPS) is 12.1. The lowest BCUT2D eigenvalue weighted by Gasteiger charge is -2.14. The molecular weight excluding hydrogens is 340 g/mol. The Balaban J connectivity index is 1.74. The van der Waals surface area contributed by atoms with Gasteiger partial charge in [0, 0.05) is 16.1 Å². The fourth-order valence-electron chi connectivity index (χ4n) is 2.37. The van der Waals surface area contributed by atoms with Crippen LogP contribution in [0.2, 0.25) is 5.02 Å². The molecule has 0 saturated heterocycles. The highest BCUT2D eigenvalue weighted by atomic mass is 35.5. The van der Waals surface area contributed by atoms with Crippen molar-refractivity contribution in [2.24, 2.45) is 0 Å². The van der Waals surface area contributed by atoms with Gasteiger partial charge in [-0.2, -0.15) is 0 Å². The molecule has 0 aliphatic heterocycles. The highest BCUT2D eigenvalue weighted by Crippen LogP contribution is 2.27. The first-order chi connectivity index (χ1) is 11.7. The molecular formula is C19H17ClN2OS. The average molecular weight is 357 g/mol. The van der Waals surface area contributed by atoms with Gasteiger partial charge in [0.25, 0.3) is 0 Å². The number of hydrogen-bond donors (Lipinski definition) is 1. The van der Waals surface area contributed by atoms with E-state index in [2.05, 4.69) is 10.3 Å². The van der Waals surface area contributed by atoms with Crippen LogP contribution >= 0.6 is 23.4 Å². The van der Waals surface area contributed by atoms with E-state index in [1.807, 2.05) is 55.5 Å². The van der Waals surface area contributed by atoms with Crippen LogP contribution in [-0.2, 0) is 4.79 Å². The molecule has 0 spiro atoms. The molecule has 0 bridgehead atoms. The molecule has 0 radical (unpaired) electrons. The van der Waals surface area contributed by atoms with Gasteiger partial charge < -0.3 is 5.32 Å². The van der Waals surface area contributed by atoms with Crippen molar-refractivity contribution in [2.75, 3.05) is 5.32 Å². The smallest absolute Gasteiger partial charge is 0.237 e. The molecule has 0 saturated carbocycles. The van der Waals surface area contributed by atoms with E-state index in [4.69, 9.17) is 11.6 Å². The Morgan fingerprint density at radius 3 is 2.79 bits per heavy atom. The average Bonchev–Trinajstić information content (AvgIpc) is 2.59. The third kappa shape index (κ3) is 4.08. The molecule has 0 fully saturated rings. The van der Waals surface area contributed by atoms with Crippen LogP contribution in [0, 0.1) is 0 Å². The minimum atomic E-state index is -0.211. The Kier molecular flexibility index (Phi) is 5.38. The molecule has 1 atom stereocenters. The van der Waals surface area contributed by atoms with Gasteiger partial charge in [-0.25, -0.2) is 4.98 Å². The van der Waals surface area contributed by atoms with E-state index in [-0.39, 0.29) is 11.2 Å². The first-order valence-corrected chi connectivity index (χ1v) is 9.00. The van der Waals surface area contributed by atoms with Gasteiger partial charge in [0.05, 0.1) is 15.8 Å². The minimum absolute atomic E-state index is 0.0419. The first-order valence-electron chi connectivity index (χ1n) is 7.74. The Hall–Kier alpha value is -2.04. The van der Waals surface area contributed by atoms with Crippen molar-refractivity contribution in [2.45, 2.75) is 23.6 Å². The number of benzene rings is 2. The van der Waals surface area contributed by atoms with E-state index < -0.39 is 0 Å². The number of carbonyl (C=O) groups is 1. The summed E-state index contributed by atoms with van der Waals surface area (Å²) in [4.78, 5) is 17.1. The van der Waals surface area contributed by atoms with Gasteiger partial charge >= 0.3 is 0 Å². The Bertz CT molecular complexity index is 869. The highest BCUT2D eigenvalue weighted by Gasteiger charge is 2.19. The van der Waals surface area contributed by atoms with Gasteiger partial charge in [-0.15, -0.1) is 0 Å². The van der Waals surface area contributed by atoms with E-state index >= 15 is 0 Å². The SMILES string of the molecule is CCC(Sc1ccc2ccccc2n1)C(=O)Nc1cccc(Cl)c1. The second kappa shape index (κ2) is 7.69.